The molecule has 1 aliphatic heterocycles. The standard InChI is InChI=1S/C12H16N2O3/c1-8-6-9(2-3-10(8)13)14-12(15)11-7-16-4-5-17-11/h2-3,6,11H,4-5,7,13H2,1H3,(H,14,15). The van der Waals surface area contributed by atoms with Gasteiger partial charge in [-0.15, -0.1) is 0 Å². The quantitative estimate of drug-likeness (QED) is 0.749. The van der Waals surface area contributed by atoms with E-state index in [4.69, 9.17) is 15.2 Å². The van der Waals surface area contributed by atoms with Crippen LogP contribution in [0.15, 0.2) is 18.2 Å². The van der Waals surface area contributed by atoms with Gasteiger partial charge < -0.3 is 20.5 Å². The number of hydrogen-bond acceptors (Lipinski definition) is 4. The molecular weight excluding hydrogens is 220 g/mol. The molecule has 0 spiro atoms. The fourth-order valence-corrected chi connectivity index (χ4v) is 1.62. The van der Waals surface area contributed by atoms with Crippen LogP contribution in [0.4, 0.5) is 11.4 Å². The van der Waals surface area contributed by atoms with E-state index in [9.17, 15) is 4.79 Å². The Bertz CT molecular complexity index is 414. The first-order valence-electron chi connectivity index (χ1n) is 5.53. The fourth-order valence-electron chi connectivity index (χ4n) is 1.62. The van der Waals surface area contributed by atoms with Crippen molar-refractivity contribution in [1.82, 2.24) is 0 Å². The highest BCUT2D eigenvalue weighted by atomic mass is 16.6. The lowest BCUT2D eigenvalue weighted by molar-refractivity contribution is -0.142. The number of hydrogen-bond donors (Lipinski definition) is 2. The van der Waals surface area contributed by atoms with Crippen LogP contribution in [-0.4, -0.2) is 31.8 Å². The molecule has 92 valence electrons. The van der Waals surface area contributed by atoms with E-state index >= 15 is 0 Å². The molecular formula is C12H16N2O3. The van der Waals surface area contributed by atoms with E-state index in [0.717, 1.165) is 11.3 Å². The number of benzene rings is 1. The minimum Gasteiger partial charge on any atom is -0.399 e. The van der Waals surface area contributed by atoms with Gasteiger partial charge in [-0.1, -0.05) is 0 Å². The zero-order valence-corrected chi connectivity index (χ0v) is 9.73. The Balaban J connectivity index is 1.99. The molecule has 1 atom stereocenters. The van der Waals surface area contributed by atoms with Crippen LogP contribution in [0.3, 0.4) is 0 Å². The van der Waals surface area contributed by atoms with Gasteiger partial charge in [-0.2, -0.15) is 0 Å². The molecule has 5 nitrogen and oxygen atoms in total. The summed E-state index contributed by atoms with van der Waals surface area (Å²) in [5.41, 5.74) is 8.07. The summed E-state index contributed by atoms with van der Waals surface area (Å²) in [4.78, 5) is 11.8. The topological polar surface area (TPSA) is 73.6 Å². The van der Waals surface area contributed by atoms with Crippen LogP contribution in [0.5, 0.6) is 0 Å². The highest BCUT2D eigenvalue weighted by Gasteiger charge is 2.22. The zero-order valence-electron chi connectivity index (χ0n) is 9.73. The second-order valence-electron chi connectivity index (χ2n) is 3.99. The van der Waals surface area contributed by atoms with Gasteiger partial charge in [-0.25, -0.2) is 0 Å². The molecule has 1 fully saturated rings. The molecule has 0 aromatic heterocycles. The second-order valence-corrected chi connectivity index (χ2v) is 3.99. The Morgan fingerprint density at radius 2 is 2.29 bits per heavy atom. The predicted octanol–water partition coefficient (Wildman–Crippen LogP) is 0.931. The largest absolute Gasteiger partial charge is 0.399 e. The molecule has 1 aromatic rings. The number of ether oxygens (including phenoxy) is 2. The number of nitrogen functional groups attached to an aromatic ring is 1. The van der Waals surface area contributed by atoms with Gasteiger partial charge in [0.1, 0.15) is 0 Å². The smallest absolute Gasteiger partial charge is 0.255 e. The van der Waals surface area contributed by atoms with Crippen LogP contribution in [0.1, 0.15) is 5.56 Å². The highest BCUT2D eigenvalue weighted by molar-refractivity contribution is 5.94. The van der Waals surface area contributed by atoms with Crippen molar-refractivity contribution in [2.45, 2.75) is 13.0 Å². The van der Waals surface area contributed by atoms with Gasteiger partial charge >= 0.3 is 0 Å². The average molecular weight is 236 g/mol. The summed E-state index contributed by atoms with van der Waals surface area (Å²) in [6, 6.07) is 5.37. The van der Waals surface area contributed by atoms with Gasteiger partial charge in [0.2, 0.25) is 0 Å². The maximum absolute atomic E-state index is 11.8. The minimum atomic E-state index is -0.526. The first-order valence-corrected chi connectivity index (χ1v) is 5.53. The lowest BCUT2D eigenvalue weighted by atomic mass is 10.2. The van der Waals surface area contributed by atoms with E-state index < -0.39 is 6.10 Å². The number of amides is 1. The molecule has 3 N–H and O–H groups in total. The molecule has 0 bridgehead atoms. The predicted molar refractivity (Wildman–Crippen MR) is 64.8 cm³/mol. The minimum absolute atomic E-state index is 0.186. The molecule has 1 aromatic carbocycles. The third kappa shape index (κ3) is 2.95. The average Bonchev–Trinajstić information content (AvgIpc) is 2.35. The fraction of sp³-hybridized carbons (Fsp3) is 0.417. The highest BCUT2D eigenvalue weighted by Crippen LogP contribution is 2.17. The molecule has 0 radical (unpaired) electrons. The number of nitrogens with one attached hydrogen (secondary N) is 1. The van der Waals surface area contributed by atoms with Crippen LogP contribution in [0.25, 0.3) is 0 Å². The molecule has 5 heteroatoms. The van der Waals surface area contributed by atoms with Crippen molar-refractivity contribution in [3.63, 3.8) is 0 Å². The van der Waals surface area contributed by atoms with Crippen molar-refractivity contribution >= 4 is 17.3 Å². The lowest BCUT2D eigenvalue weighted by Crippen LogP contribution is -2.39. The van der Waals surface area contributed by atoms with E-state index in [-0.39, 0.29) is 5.91 Å². The summed E-state index contributed by atoms with van der Waals surface area (Å²) in [7, 11) is 0. The number of rotatable bonds is 2. The van der Waals surface area contributed by atoms with Crippen molar-refractivity contribution in [2.75, 3.05) is 30.9 Å². The first kappa shape index (κ1) is 11.9. The number of carbonyl (C=O) groups is 1. The molecule has 0 aliphatic carbocycles. The van der Waals surface area contributed by atoms with Gasteiger partial charge in [0.05, 0.1) is 19.8 Å². The van der Waals surface area contributed by atoms with E-state index in [1.165, 1.54) is 0 Å². The van der Waals surface area contributed by atoms with Crippen LogP contribution in [-0.2, 0) is 14.3 Å². The molecule has 1 unspecified atom stereocenters. The molecule has 1 saturated heterocycles. The summed E-state index contributed by atoms with van der Waals surface area (Å²) in [6.45, 7) is 3.20. The van der Waals surface area contributed by atoms with Crippen molar-refractivity contribution in [3.05, 3.63) is 23.8 Å². The monoisotopic (exact) mass is 236 g/mol. The molecule has 0 saturated carbocycles. The van der Waals surface area contributed by atoms with Gasteiger partial charge in [0, 0.05) is 11.4 Å². The van der Waals surface area contributed by atoms with Crippen LogP contribution in [0.2, 0.25) is 0 Å². The molecule has 1 aliphatic rings. The summed E-state index contributed by atoms with van der Waals surface area (Å²) in [5, 5.41) is 2.78. The summed E-state index contributed by atoms with van der Waals surface area (Å²) < 4.78 is 10.5. The van der Waals surface area contributed by atoms with Crippen molar-refractivity contribution in [3.8, 4) is 0 Å². The number of nitrogens with two attached hydrogens (primary N) is 1. The van der Waals surface area contributed by atoms with E-state index in [0.29, 0.717) is 25.5 Å². The van der Waals surface area contributed by atoms with Crippen molar-refractivity contribution in [2.24, 2.45) is 0 Å². The summed E-state index contributed by atoms with van der Waals surface area (Å²) >= 11 is 0. The summed E-state index contributed by atoms with van der Waals surface area (Å²) in [5.74, 6) is -0.186. The van der Waals surface area contributed by atoms with Gasteiger partial charge in [0.25, 0.3) is 5.91 Å². The second kappa shape index (κ2) is 5.16. The molecule has 1 amide bonds. The van der Waals surface area contributed by atoms with Crippen LogP contribution < -0.4 is 11.1 Å². The Labute approximate surface area is 99.9 Å². The van der Waals surface area contributed by atoms with Gasteiger partial charge in [0.15, 0.2) is 6.10 Å². The maximum Gasteiger partial charge on any atom is 0.255 e. The molecule has 1 heterocycles. The van der Waals surface area contributed by atoms with E-state index in [1.807, 2.05) is 13.0 Å². The van der Waals surface area contributed by atoms with Gasteiger partial charge in [-0.05, 0) is 30.7 Å². The Hall–Kier alpha value is -1.59. The van der Waals surface area contributed by atoms with Crippen molar-refractivity contribution < 1.29 is 14.3 Å². The summed E-state index contributed by atoms with van der Waals surface area (Å²) in [6.07, 6.45) is -0.526. The Morgan fingerprint density at radius 1 is 1.47 bits per heavy atom. The molecule has 2 rings (SSSR count). The van der Waals surface area contributed by atoms with Crippen LogP contribution in [0, 0.1) is 6.92 Å². The Kier molecular flexibility index (Phi) is 3.61. The third-order valence-electron chi connectivity index (χ3n) is 2.65. The number of anilines is 2. The van der Waals surface area contributed by atoms with E-state index in [1.54, 1.807) is 12.1 Å². The number of carbonyl (C=O) groups excluding carboxylic acids is 1. The third-order valence-corrected chi connectivity index (χ3v) is 2.65. The zero-order chi connectivity index (χ0) is 12.3. The lowest BCUT2D eigenvalue weighted by Gasteiger charge is -2.22. The van der Waals surface area contributed by atoms with Crippen LogP contribution >= 0.6 is 0 Å². The molecule has 17 heavy (non-hydrogen) atoms. The SMILES string of the molecule is Cc1cc(NC(=O)C2COCCO2)ccc1N. The number of aryl methyl sites for hydroxylation is 1. The van der Waals surface area contributed by atoms with Gasteiger partial charge in [-0.3, -0.25) is 4.79 Å². The Morgan fingerprint density at radius 3 is 2.94 bits per heavy atom. The maximum atomic E-state index is 11.8. The normalized spacial score (nSPS) is 19.9. The van der Waals surface area contributed by atoms with Crippen molar-refractivity contribution in [1.29, 1.82) is 0 Å². The first-order chi connectivity index (χ1) is 8.16. The van der Waals surface area contributed by atoms with E-state index in [2.05, 4.69) is 5.32 Å².